The monoisotopic (exact) mass is 236 g/mol. The molecule has 1 aliphatic heterocycles. The molecule has 90 valence electrons. The summed E-state index contributed by atoms with van der Waals surface area (Å²) in [6.07, 6.45) is -0.704. The van der Waals surface area contributed by atoms with E-state index in [-0.39, 0.29) is 0 Å². The van der Waals surface area contributed by atoms with Gasteiger partial charge < -0.3 is 20.5 Å². The van der Waals surface area contributed by atoms with Gasteiger partial charge in [0.15, 0.2) is 6.10 Å². The molecule has 2 rings (SSSR count). The first-order valence-electron chi connectivity index (χ1n) is 5.16. The van der Waals surface area contributed by atoms with E-state index < -0.39 is 24.5 Å². The molecule has 1 aromatic carbocycles. The molecule has 1 atom stereocenters. The molecule has 0 spiro atoms. The van der Waals surface area contributed by atoms with E-state index in [4.69, 9.17) is 9.84 Å². The Labute approximate surface area is 97.6 Å². The maximum Gasteiger partial charge on any atom is 0.322 e. The summed E-state index contributed by atoms with van der Waals surface area (Å²) < 4.78 is 5.46. The van der Waals surface area contributed by atoms with Gasteiger partial charge in [-0.25, -0.2) is 0 Å². The van der Waals surface area contributed by atoms with Gasteiger partial charge in [-0.3, -0.25) is 9.59 Å². The van der Waals surface area contributed by atoms with Gasteiger partial charge in [-0.05, 0) is 12.1 Å². The summed E-state index contributed by atoms with van der Waals surface area (Å²) in [5.41, 5.74) is 0.829. The highest BCUT2D eigenvalue weighted by molar-refractivity contribution is 5.86. The van der Waals surface area contributed by atoms with Crippen LogP contribution in [0.25, 0.3) is 0 Å². The van der Waals surface area contributed by atoms with Crippen molar-refractivity contribution in [1.82, 2.24) is 5.32 Å². The van der Waals surface area contributed by atoms with Crippen molar-refractivity contribution in [3.05, 3.63) is 24.3 Å². The second kappa shape index (κ2) is 4.73. The van der Waals surface area contributed by atoms with Gasteiger partial charge in [0.2, 0.25) is 0 Å². The minimum absolute atomic E-state index is 0.322. The van der Waals surface area contributed by atoms with Crippen LogP contribution in [0.4, 0.5) is 5.69 Å². The lowest BCUT2D eigenvalue weighted by Gasteiger charge is -2.26. The van der Waals surface area contributed by atoms with Crippen LogP contribution in [0.2, 0.25) is 0 Å². The number of nitrogens with one attached hydrogen (secondary N) is 2. The van der Waals surface area contributed by atoms with Crippen LogP contribution in [0, 0.1) is 0 Å². The molecule has 1 aromatic rings. The average Bonchev–Trinajstić information content (AvgIpc) is 2.35. The molecule has 3 N–H and O–H groups in total. The van der Waals surface area contributed by atoms with Crippen molar-refractivity contribution in [2.45, 2.75) is 6.10 Å². The number of carboxylic acids is 1. The highest BCUT2D eigenvalue weighted by atomic mass is 16.5. The fraction of sp³-hybridized carbons (Fsp3) is 0.273. The third-order valence-electron chi connectivity index (χ3n) is 2.34. The lowest BCUT2D eigenvalue weighted by atomic mass is 10.2. The lowest BCUT2D eigenvalue weighted by molar-refractivity contribution is -0.139. The number of rotatable bonds is 3. The predicted molar refractivity (Wildman–Crippen MR) is 60.0 cm³/mol. The van der Waals surface area contributed by atoms with Gasteiger partial charge in [0, 0.05) is 0 Å². The summed E-state index contributed by atoms with van der Waals surface area (Å²) in [4.78, 5) is 21.9. The molecular formula is C11H12N2O4. The van der Waals surface area contributed by atoms with E-state index in [1.54, 1.807) is 12.1 Å². The SMILES string of the molecule is O=C(O)CNC(=O)C1CNc2ccccc2O1. The molecule has 0 fully saturated rings. The fourth-order valence-electron chi connectivity index (χ4n) is 1.54. The molecule has 17 heavy (non-hydrogen) atoms. The Kier molecular flexibility index (Phi) is 3.13. The maximum absolute atomic E-state index is 11.6. The summed E-state index contributed by atoms with van der Waals surface area (Å²) in [5.74, 6) is -0.925. The summed E-state index contributed by atoms with van der Waals surface area (Å²) in [7, 11) is 0. The molecule has 0 bridgehead atoms. The Morgan fingerprint density at radius 1 is 1.47 bits per heavy atom. The van der Waals surface area contributed by atoms with E-state index in [0.717, 1.165) is 5.69 Å². The zero-order valence-corrected chi connectivity index (χ0v) is 8.97. The smallest absolute Gasteiger partial charge is 0.322 e. The number of carbonyl (C=O) groups is 2. The average molecular weight is 236 g/mol. The molecular weight excluding hydrogens is 224 g/mol. The highest BCUT2D eigenvalue weighted by Crippen LogP contribution is 2.27. The Morgan fingerprint density at radius 2 is 2.24 bits per heavy atom. The van der Waals surface area contributed by atoms with Crippen LogP contribution in [-0.2, 0) is 9.59 Å². The second-order valence-corrected chi connectivity index (χ2v) is 3.60. The van der Waals surface area contributed by atoms with Crippen molar-refractivity contribution in [2.75, 3.05) is 18.4 Å². The van der Waals surface area contributed by atoms with E-state index in [9.17, 15) is 9.59 Å². The molecule has 0 radical (unpaired) electrons. The zero-order valence-electron chi connectivity index (χ0n) is 8.97. The van der Waals surface area contributed by atoms with Crippen LogP contribution in [0.15, 0.2) is 24.3 Å². The van der Waals surface area contributed by atoms with Crippen molar-refractivity contribution in [3.8, 4) is 5.75 Å². The van der Waals surface area contributed by atoms with Crippen molar-refractivity contribution >= 4 is 17.6 Å². The van der Waals surface area contributed by atoms with Crippen molar-refractivity contribution < 1.29 is 19.4 Å². The second-order valence-electron chi connectivity index (χ2n) is 3.60. The Bertz CT molecular complexity index is 447. The topological polar surface area (TPSA) is 87.7 Å². The van der Waals surface area contributed by atoms with Gasteiger partial charge in [0.05, 0.1) is 12.2 Å². The molecule has 6 nitrogen and oxygen atoms in total. The summed E-state index contributed by atoms with van der Waals surface area (Å²) >= 11 is 0. The van der Waals surface area contributed by atoms with E-state index in [1.807, 2.05) is 12.1 Å². The quantitative estimate of drug-likeness (QED) is 0.690. The summed E-state index contributed by atoms with van der Waals surface area (Å²) in [6, 6.07) is 7.26. The van der Waals surface area contributed by atoms with Crippen molar-refractivity contribution in [3.63, 3.8) is 0 Å². The van der Waals surface area contributed by atoms with E-state index in [2.05, 4.69) is 10.6 Å². The maximum atomic E-state index is 11.6. The van der Waals surface area contributed by atoms with E-state index >= 15 is 0 Å². The van der Waals surface area contributed by atoms with Crippen molar-refractivity contribution in [2.24, 2.45) is 0 Å². The standard InChI is InChI=1S/C11H12N2O4/c14-10(15)6-13-11(16)9-5-12-7-3-1-2-4-8(7)17-9/h1-4,9,12H,5-6H2,(H,13,16)(H,14,15). The van der Waals surface area contributed by atoms with Crippen LogP contribution in [0.3, 0.4) is 0 Å². The minimum atomic E-state index is -1.08. The lowest BCUT2D eigenvalue weighted by Crippen LogP contribution is -2.46. The largest absolute Gasteiger partial charge is 0.480 e. The van der Waals surface area contributed by atoms with E-state index in [0.29, 0.717) is 12.3 Å². The molecule has 1 heterocycles. The van der Waals surface area contributed by atoms with Crippen molar-refractivity contribution in [1.29, 1.82) is 0 Å². The van der Waals surface area contributed by atoms with Gasteiger partial charge in [0.25, 0.3) is 5.91 Å². The summed E-state index contributed by atoms with van der Waals surface area (Å²) in [6.45, 7) is -0.0805. The Morgan fingerprint density at radius 3 is 3.00 bits per heavy atom. The van der Waals surface area contributed by atoms with E-state index in [1.165, 1.54) is 0 Å². The third kappa shape index (κ3) is 2.66. The molecule has 1 aliphatic rings. The predicted octanol–water partition coefficient (Wildman–Crippen LogP) is 0.0603. The first-order chi connectivity index (χ1) is 8.16. The minimum Gasteiger partial charge on any atom is -0.480 e. The Balaban J connectivity index is 1.97. The number of benzene rings is 1. The fourth-order valence-corrected chi connectivity index (χ4v) is 1.54. The van der Waals surface area contributed by atoms with Gasteiger partial charge in [-0.15, -0.1) is 0 Å². The van der Waals surface area contributed by atoms with Gasteiger partial charge in [0.1, 0.15) is 12.3 Å². The van der Waals surface area contributed by atoms with Gasteiger partial charge >= 0.3 is 5.97 Å². The van der Waals surface area contributed by atoms with Crippen LogP contribution < -0.4 is 15.4 Å². The number of ether oxygens (including phenoxy) is 1. The molecule has 0 saturated heterocycles. The number of anilines is 1. The molecule has 1 amide bonds. The number of aliphatic carboxylic acids is 1. The van der Waals surface area contributed by atoms with Gasteiger partial charge in [-0.2, -0.15) is 0 Å². The number of fused-ring (bicyclic) bond motifs is 1. The number of hydrogen-bond donors (Lipinski definition) is 3. The normalized spacial score (nSPS) is 17.3. The molecule has 0 saturated carbocycles. The van der Waals surface area contributed by atoms with Gasteiger partial charge in [-0.1, -0.05) is 12.1 Å². The number of carboxylic acid groups (broad SMARTS) is 1. The van der Waals surface area contributed by atoms with Crippen LogP contribution in [-0.4, -0.2) is 36.2 Å². The number of para-hydroxylation sites is 2. The van der Waals surface area contributed by atoms with Crippen LogP contribution >= 0.6 is 0 Å². The number of carbonyl (C=O) groups excluding carboxylic acids is 1. The number of hydrogen-bond acceptors (Lipinski definition) is 4. The molecule has 1 unspecified atom stereocenters. The highest BCUT2D eigenvalue weighted by Gasteiger charge is 2.25. The first kappa shape index (κ1) is 11.3. The van der Waals surface area contributed by atoms with Crippen LogP contribution in [0.1, 0.15) is 0 Å². The Hall–Kier alpha value is -2.24. The third-order valence-corrected chi connectivity index (χ3v) is 2.34. The molecule has 6 heteroatoms. The summed E-state index contributed by atoms with van der Waals surface area (Å²) in [5, 5.41) is 13.8. The van der Waals surface area contributed by atoms with Crippen LogP contribution in [0.5, 0.6) is 5.75 Å². The molecule has 0 aliphatic carbocycles. The first-order valence-corrected chi connectivity index (χ1v) is 5.16. The molecule has 0 aromatic heterocycles. The zero-order chi connectivity index (χ0) is 12.3. The number of amides is 1.